The first kappa shape index (κ1) is 17.3. The Bertz CT molecular complexity index is 1000. The Morgan fingerprint density at radius 2 is 1.52 bits per heavy atom. The highest BCUT2D eigenvalue weighted by atomic mass is 35.5. The van der Waals surface area contributed by atoms with Gasteiger partial charge in [0.15, 0.2) is 0 Å². The van der Waals surface area contributed by atoms with Crippen molar-refractivity contribution in [2.45, 2.75) is 24.7 Å². The number of allylic oxidation sites excluding steroid dienone is 4. The van der Waals surface area contributed by atoms with Crippen molar-refractivity contribution in [1.82, 2.24) is 0 Å². The Morgan fingerprint density at radius 1 is 0.931 bits per heavy atom. The largest absolute Gasteiger partial charge is 0.370 e. The van der Waals surface area contributed by atoms with Crippen molar-refractivity contribution in [3.63, 3.8) is 0 Å². The molecule has 2 aromatic rings. The molecule has 2 aromatic carbocycles. The van der Waals surface area contributed by atoms with E-state index in [1.807, 2.05) is 12.1 Å². The number of carbonyl (C=O) groups is 1. The number of hydrogen-bond donors (Lipinski definition) is 1. The van der Waals surface area contributed by atoms with Crippen molar-refractivity contribution < 1.29 is 4.79 Å². The number of halogens is 1. The van der Waals surface area contributed by atoms with Crippen molar-refractivity contribution >= 4 is 28.9 Å². The topological polar surface area (TPSA) is 32.3 Å². The molecule has 0 saturated heterocycles. The van der Waals surface area contributed by atoms with E-state index in [1.54, 1.807) is 12.1 Å². The lowest BCUT2D eigenvalue weighted by molar-refractivity contribution is 0.102. The summed E-state index contributed by atoms with van der Waals surface area (Å²) in [5.41, 5.74) is 5.61. The fourth-order valence-electron chi connectivity index (χ4n) is 5.74. The van der Waals surface area contributed by atoms with Crippen LogP contribution in [0.3, 0.4) is 0 Å². The van der Waals surface area contributed by atoms with E-state index in [0.717, 1.165) is 37.2 Å². The molecule has 0 saturated carbocycles. The Labute approximate surface area is 176 Å². The van der Waals surface area contributed by atoms with Crippen LogP contribution in [-0.2, 0) is 0 Å². The quantitative estimate of drug-likeness (QED) is 0.649. The number of nitrogens with one attached hydrogen (secondary N) is 1. The molecule has 29 heavy (non-hydrogen) atoms. The van der Waals surface area contributed by atoms with Gasteiger partial charge in [-0.2, -0.15) is 0 Å². The Kier molecular flexibility index (Phi) is 3.89. The zero-order chi connectivity index (χ0) is 19.5. The van der Waals surface area contributed by atoms with E-state index in [2.05, 4.69) is 46.7 Å². The maximum atomic E-state index is 13.1. The molecule has 0 bridgehead atoms. The molecular weight excluding hydrogens is 380 g/mol. The van der Waals surface area contributed by atoms with Gasteiger partial charge >= 0.3 is 0 Å². The molecule has 6 rings (SSSR count). The number of anilines is 2. The van der Waals surface area contributed by atoms with Gasteiger partial charge in [-0.3, -0.25) is 4.79 Å². The lowest BCUT2D eigenvalue weighted by Crippen LogP contribution is -2.43. The fourth-order valence-corrected chi connectivity index (χ4v) is 5.87. The first-order valence-corrected chi connectivity index (χ1v) is 10.9. The normalized spacial score (nSPS) is 28.1. The predicted octanol–water partition coefficient (Wildman–Crippen LogP) is 5.75. The standard InChI is InChI=1S/C25H23ClN2O/c26-18-7-9-19(10-8-18)27-25(29)17-11-22-20-5-1-3-15(20)13-28-14-16-4-2-6-21(16)23(12-17)24(22)28/h1-2,5-12,15-16,20-21H,3-4,13-14H2,(H,27,29)/t15-,16+,20+,21-. The van der Waals surface area contributed by atoms with E-state index in [4.69, 9.17) is 11.6 Å². The molecular formula is C25H23ClN2O. The Hall–Kier alpha value is -2.52. The second-order valence-electron chi connectivity index (χ2n) is 8.77. The summed E-state index contributed by atoms with van der Waals surface area (Å²) in [6, 6.07) is 11.6. The molecule has 1 amide bonds. The average molecular weight is 403 g/mol. The highest BCUT2D eigenvalue weighted by molar-refractivity contribution is 6.30. The Balaban J connectivity index is 1.44. The van der Waals surface area contributed by atoms with Gasteiger partial charge in [-0.25, -0.2) is 0 Å². The molecule has 2 aliphatic carbocycles. The molecule has 0 radical (unpaired) electrons. The molecule has 146 valence electrons. The third-order valence-corrected chi connectivity index (χ3v) is 7.31. The number of nitrogens with zero attached hydrogens (tertiary/aromatic N) is 1. The van der Waals surface area contributed by atoms with Crippen LogP contribution in [0.4, 0.5) is 11.4 Å². The SMILES string of the molecule is O=C(Nc1ccc(Cl)cc1)c1cc2c3c(c1)[C@@H]1C=CC[C@H]1CN3C[C@H]1CC=C[C@H]21. The maximum absolute atomic E-state index is 13.1. The predicted molar refractivity (Wildman–Crippen MR) is 118 cm³/mol. The lowest BCUT2D eigenvalue weighted by atomic mass is 9.74. The van der Waals surface area contributed by atoms with Crippen LogP contribution < -0.4 is 10.2 Å². The summed E-state index contributed by atoms with van der Waals surface area (Å²) in [5.74, 6) is 2.09. The summed E-state index contributed by atoms with van der Waals surface area (Å²) >= 11 is 5.98. The van der Waals surface area contributed by atoms with Crippen LogP contribution in [0.5, 0.6) is 0 Å². The first-order chi connectivity index (χ1) is 14.2. The lowest BCUT2D eigenvalue weighted by Gasteiger charge is -2.46. The van der Waals surface area contributed by atoms with E-state index in [0.29, 0.717) is 28.7 Å². The molecule has 3 nitrogen and oxygen atoms in total. The number of amides is 1. The van der Waals surface area contributed by atoms with Crippen LogP contribution in [0.2, 0.25) is 5.02 Å². The molecule has 1 N–H and O–H groups in total. The van der Waals surface area contributed by atoms with E-state index < -0.39 is 0 Å². The molecule has 2 aliphatic heterocycles. The molecule has 2 heterocycles. The van der Waals surface area contributed by atoms with Gasteiger partial charge < -0.3 is 10.2 Å². The molecule has 4 heteroatoms. The number of fused-ring (bicyclic) bond motifs is 4. The van der Waals surface area contributed by atoms with Crippen LogP contribution >= 0.6 is 11.6 Å². The van der Waals surface area contributed by atoms with E-state index in [-0.39, 0.29) is 5.91 Å². The number of carbonyl (C=O) groups excluding carboxylic acids is 1. The summed E-state index contributed by atoms with van der Waals surface area (Å²) in [4.78, 5) is 15.7. The van der Waals surface area contributed by atoms with Gasteiger partial charge in [0.2, 0.25) is 0 Å². The van der Waals surface area contributed by atoms with Crippen molar-refractivity contribution in [2.75, 3.05) is 23.3 Å². The molecule has 4 aliphatic rings. The maximum Gasteiger partial charge on any atom is 0.255 e. The van der Waals surface area contributed by atoms with Gasteiger partial charge in [0, 0.05) is 46.9 Å². The van der Waals surface area contributed by atoms with E-state index in [1.165, 1.54) is 16.8 Å². The zero-order valence-corrected chi connectivity index (χ0v) is 16.9. The summed E-state index contributed by atoms with van der Waals surface area (Å²) in [6.07, 6.45) is 11.6. The van der Waals surface area contributed by atoms with Gasteiger partial charge in [0.05, 0.1) is 0 Å². The van der Waals surface area contributed by atoms with Gasteiger partial charge in [0.1, 0.15) is 0 Å². The van der Waals surface area contributed by atoms with Gasteiger partial charge in [-0.1, -0.05) is 35.9 Å². The van der Waals surface area contributed by atoms with E-state index >= 15 is 0 Å². The zero-order valence-electron chi connectivity index (χ0n) is 16.1. The summed E-state index contributed by atoms with van der Waals surface area (Å²) in [7, 11) is 0. The minimum atomic E-state index is -0.0499. The summed E-state index contributed by atoms with van der Waals surface area (Å²) < 4.78 is 0. The fraction of sp³-hybridized carbons (Fsp3) is 0.320. The molecule has 0 unspecified atom stereocenters. The second-order valence-corrected chi connectivity index (χ2v) is 9.21. The van der Waals surface area contributed by atoms with Crippen molar-refractivity contribution in [2.24, 2.45) is 11.8 Å². The molecule has 0 aromatic heterocycles. The number of rotatable bonds is 2. The molecule has 0 fully saturated rings. The highest BCUT2D eigenvalue weighted by Gasteiger charge is 2.42. The summed E-state index contributed by atoms with van der Waals surface area (Å²) in [5, 5.41) is 3.71. The third-order valence-electron chi connectivity index (χ3n) is 7.06. The van der Waals surface area contributed by atoms with Crippen LogP contribution in [0.1, 0.15) is 46.2 Å². The van der Waals surface area contributed by atoms with Crippen molar-refractivity contribution in [3.8, 4) is 0 Å². The average Bonchev–Trinajstić information content (AvgIpc) is 3.39. The van der Waals surface area contributed by atoms with Gasteiger partial charge in [0.25, 0.3) is 5.91 Å². The smallest absolute Gasteiger partial charge is 0.255 e. The van der Waals surface area contributed by atoms with Crippen LogP contribution in [0.25, 0.3) is 0 Å². The minimum Gasteiger partial charge on any atom is -0.370 e. The second kappa shape index (κ2) is 6.50. The third kappa shape index (κ3) is 2.75. The number of hydrogen-bond acceptors (Lipinski definition) is 2. The molecule has 0 spiro atoms. The monoisotopic (exact) mass is 402 g/mol. The van der Waals surface area contributed by atoms with Crippen LogP contribution in [-0.4, -0.2) is 19.0 Å². The van der Waals surface area contributed by atoms with E-state index in [9.17, 15) is 4.79 Å². The highest BCUT2D eigenvalue weighted by Crippen LogP contribution is 2.53. The Morgan fingerprint density at radius 3 is 2.10 bits per heavy atom. The van der Waals surface area contributed by atoms with Crippen LogP contribution in [0.15, 0.2) is 60.7 Å². The first-order valence-electron chi connectivity index (χ1n) is 10.5. The van der Waals surface area contributed by atoms with Crippen LogP contribution in [0, 0.1) is 11.8 Å². The summed E-state index contributed by atoms with van der Waals surface area (Å²) in [6.45, 7) is 2.27. The van der Waals surface area contributed by atoms with Crippen molar-refractivity contribution in [3.05, 3.63) is 82.4 Å². The van der Waals surface area contributed by atoms with Gasteiger partial charge in [-0.15, -0.1) is 0 Å². The molecule has 4 atom stereocenters. The van der Waals surface area contributed by atoms with Crippen molar-refractivity contribution in [1.29, 1.82) is 0 Å². The minimum absolute atomic E-state index is 0.0499. The number of benzene rings is 2. The van der Waals surface area contributed by atoms with Gasteiger partial charge in [-0.05, 0) is 72.2 Å².